The molecule has 1 aromatic heterocycles. The summed E-state index contributed by atoms with van der Waals surface area (Å²) in [6.45, 7) is 5.09. The quantitative estimate of drug-likeness (QED) is 0.838. The Balaban J connectivity index is 2.12. The highest BCUT2D eigenvalue weighted by Crippen LogP contribution is 2.27. The monoisotopic (exact) mass is 342 g/mol. The first-order valence-electron chi connectivity index (χ1n) is 7.49. The predicted octanol–water partition coefficient (Wildman–Crippen LogP) is 2.88. The Hall–Kier alpha value is -3.27. The molecule has 0 unspecified atom stereocenters. The second-order valence-electron chi connectivity index (χ2n) is 5.38. The molecule has 1 heterocycles. The molecule has 0 aliphatic heterocycles. The Bertz CT molecular complexity index is 861. The van der Waals surface area contributed by atoms with Crippen molar-refractivity contribution in [3.05, 3.63) is 46.2 Å². The molecule has 0 saturated carbocycles. The average molecular weight is 342 g/mol. The van der Waals surface area contributed by atoms with Crippen LogP contribution in [0.1, 0.15) is 32.8 Å². The minimum atomic E-state index is -0.704. The van der Waals surface area contributed by atoms with Gasteiger partial charge in [0.25, 0.3) is 5.91 Å². The fraction of sp³-hybridized carbons (Fsp3) is 0.278. The van der Waals surface area contributed by atoms with Gasteiger partial charge in [-0.1, -0.05) is 12.1 Å². The number of aryl methyl sites for hydroxylation is 2. The second kappa shape index (κ2) is 7.53. The van der Waals surface area contributed by atoms with E-state index in [1.165, 1.54) is 14.0 Å². The zero-order valence-electron chi connectivity index (χ0n) is 14.4. The van der Waals surface area contributed by atoms with Crippen molar-refractivity contribution in [1.82, 2.24) is 0 Å². The van der Waals surface area contributed by atoms with Crippen molar-refractivity contribution in [2.45, 2.75) is 20.8 Å². The summed E-state index contributed by atoms with van der Waals surface area (Å²) >= 11 is 0. The number of furan rings is 1. The molecule has 7 nitrogen and oxygen atoms in total. The van der Waals surface area contributed by atoms with E-state index in [9.17, 15) is 14.9 Å². The number of hydrogen-bond donors (Lipinski definition) is 1. The molecule has 25 heavy (non-hydrogen) atoms. The van der Waals surface area contributed by atoms with Crippen LogP contribution in [-0.2, 0) is 9.53 Å². The van der Waals surface area contributed by atoms with Crippen molar-refractivity contribution in [3.8, 4) is 11.8 Å². The van der Waals surface area contributed by atoms with Gasteiger partial charge in [0.05, 0.1) is 7.11 Å². The van der Waals surface area contributed by atoms with Gasteiger partial charge >= 0.3 is 5.97 Å². The number of ether oxygens (including phenoxy) is 2. The number of nitrogens with one attached hydrogen (secondary N) is 1. The Kier molecular flexibility index (Phi) is 5.45. The third-order valence-corrected chi connectivity index (χ3v) is 3.75. The van der Waals surface area contributed by atoms with Gasteiger partial charge in [0.1, 0.15) is 28.7 Å². The Morgan fingerprint density at radius 1 is 1.28 bits per heavy atom. The van der Waals surface area contributed by atoms with E-state index in [1.54, 1.807) is 6.07 Å². The number of carbonyl (C=O) groups excluding carboxylic acids is 2. The molecule has 0 saturated heterocycles. The van der Waals surface area contributed by atoms with E-state index >= 15 is 0 Å². The molecule has 1 aromatic carbocycles. The van der Waals surface area contributed by atoms with Crippen molar-refractivity contribution in [2.24, 2.45) is 0 Å². The lowest BCUT2D eigenvalue weighted by Crippen LogP contribution is -2.20. The number of benzene rings is 1. The smallest absolute Gasteiger partial charge is 0.342 e. The van der Waals surface area contributed by atoms with Gasteiger partial charge in [-0.05, 0) is 38.0 Å². The van der Waals surface area contributed by atoms with Gasteiger partial charge in [0.15, 0.2) is 6.61 Å². The number of amides is 1. The summed E-state index contributed by atoms with van der Waals surface area (Å²) in [6, 6.07) is 7.39. The summed E-state index contributed by atoms with van der Waals surface area (Å²) in [4.78, 5) is 23.8. The lowest BCUT2D eigenvalue weighted by atomic mass is 10.1. The highest BCUT2D eigenvalue weighted by atomic mass is 16.5. The molecule has 0 bridgehead atoms. The molecule has 1 N–H and O–H groups in total. The molecule has 7 heteroatoms. The standard InChI is InChI=1S/C18H18N2O5/c1-10-6-5-7-14(11(10)2)24-9-15(21)20-17-13(8-19)16(12(3)25-17)18(22)23-4/h5-7H,9H2,1-4H3,(H,20,21). The summed E-state index contributed by atoms with van der Waals surface area (Å²) in [7, 11) is 1.20. The Morgan fingerprint density at radius 3 is 2.64 bits per heavy atom. The van der Waals surface area contributed by atoms with E-state index in [0.29, 0.717) is 5.75 Å². The van der Waals surface area contributed by atoms with E-state index < -0.39 is 11.9 Å². The molecule has 0 aliphatic carbocycles. The van der Waals surface area contributed by atoms with Crippen molar-refractivity contribution in [2.75, 3.05) is 19.0 Å². The largest absolute Gasteiger partial charge is 0.483 e. The van der Waals surface area contributed by atoms with Crippen molar-refractivity contribution < 1.29 is 23.5 Å². The number of nitriles is 1. The maximum Gasteiger partial charge on any atom is 0.342 e. The number of esters is 1. The molecular weight excluding hydrogens is 324 g/mol. The summed E-state index contributed by atoms with van der Waals surface area (Å²) in [5, 5.41) is 11.7. The van der Waals surface area contributed by atoms with Crippen LogP contribution in [0.2, 0.25) is 0 Å². The summed E-state index contributed by atoms with van der Waals surface area (Å²) in [5.74, 6) is -0.529. The van der Waals surface area contributed by atoms with Gasteiger partial charge in [0.2, 0.25) is 5.88 Å². The summed E-state index contributed by atoms with van der Waals surface area (Å²) in [5.41, 5.74) is 1.91. The van der Waals surface area contributed by atoms with E-state index in [1.807, 2.05) is 32.0 Å². The fourth-order valence-electron chi connectivity index (χ4n) is 2.27. The van der Waals surface area contributed by atoms with E-state index in [2.05, 4.69) is 10.1 Å². The maximum atomic E-state index is 12.1. The van der Waals surface area contributed by atoms with Crippen LogP contribution in [0, 0.1) is 32.1 Å². The second-order valence-corrected chi connectivity index (χ2v) is 5.38. The highest BCUT2D eigenvalue weighted by molar-refractivity contribution is 5.98. The summed E-state index contributed by atoms with van der Waals surface area (Å²) < 4.78 is 15.4. The van der Waals surface area contributed by atoms with Crippen molar-refractivity contribution in [1.29, 1.82) is 5.26 Å². The number of anilines is 1. The zero-order chi connectivity index (χ0) is 18.6. The molecule has 130 valence electrons. The Morgan fingerprint density at radius 2 is 2.00 bits per heavy atom. The Labute approximate surface area is 145 Å². The van der Waals surface area contributed by atoms with Crippen LogP contribution in [0.15, 0.2) is 22.6 Å². The van der Waals surface area contributed by atoms with Gasteiger partial charge in [-0.3, -0.25) is 10.1 Å². The molecule has 2 rings (SSSR count). The topological polar surface area (TPSA) is 102 Å². The molecule has 0 fully saturated rings. The first-order valence-corrected chi connectivity index (χ1v) is 7.49. The van der Waals surface area contributed by atoms with Crippen LogP contribution in [0.3, 0.4) is 0 Å². The average Bonchev–Trinajstić information content (AvgIpc) is 2.90. The third-order valence-electron chi connectivity index (χ3n) is 3.75. The van der Waals surface area contributed by atoms with Gasteiger partial charge in [0, 0.05) is 0 Å². The van der Waals surface area contributed by atoms with Gasteiger partial charge in [-0.25, -0.2) is 4.79 Å². The molecule has 0 atom stereocenters. The van der Waals surface area contributed by atoms with Crippen molar-refractivity contribution >= 4 is 17.8 Å². The van der Waals surface area contributed by atoms with Crippen LogP contribution in [-0.4, -0.2) is 25.6 Å². The predicted molar refractivity (Wildman–Crippen MR) is 89.5 cm³/mol. The van der Waals surface area contributed by atoms with E-state index in [-0.39, 0.29) is 29.4 Å². The van der Waals surface area contributed by atoms with Crippen LogP contribution in [0.25, 0.3) is 0 Å². The number of methoxy groups -OCH3 is 1. The molecule has 2 aromatic rings. The molecule has 0 radical (unpaired) electrons. The first-order chi connectivity index (χ1) is 11.9. The van der Waals surface area contributed by atoms with Gasteiger partial charge < -0.3 is 13.9 Å². The van der Waals surface area contributed by atoms with Crippen LogP contribution >= 0.6 is 0 Å². The summed E-state index contributed by atoms with van der Waals surface area (Å²) in [6.07, 6.45) is 0. The highest BCUT2D eigenvalue weighted by Gasteiger charge is 2.25. The molecule has 0 aliphatic rings. The number of rotatable bonds is 5. The van der Waals surface area contributed by atoms with E-state index in [4.69, 9.17) is 9.15 Å². The van der Waals surface area contributed by atoms with Crippen molar-refractivity contribution in [3.63, 3.8) is 0 Å². The zero-order valence-corrected chi connectivity index (χ0v) is 14.4. The number of carbonyl (C=O) groups is 2. The van der Waals surface area contributed by atoms with Crippen LogP contribution < -0.4 is 10.1 Å². The van der Waals surface area contributed by atoms with Gasteiger partial charge in [-0.2, -0.15) is 5.26 Å². The lowest BCUT2D eigenvalue weighted by Gasteiger charge is -2.10. The van der Waals surface area contributed by atoms with Gasteiger partial charge in [-0.15, -0.1) is 0 Å². The van der Waals surface area contributed by atoms with E-state index in [0.717, 1.165) is 11.1 Å². The third kappa shape index (κ3) is 3.80. The molecule has 1 amide bonds. The molecular formula is C18H18N2O5. The van der Waals surface area contributed by atoms with Crippen LogP contribution in [0.4, 0.5) is 5.88 Å². The normalized spacial score (nSPS) is 10.0. The SMILES string of the molecule is COC(=O)c1c(C)oc(NC(=O)COc2cccc(C)c2C)c1C#N. The maximum absolute atomic E-state index is 12.1. The number of nitrogens with zero attached hydrogens (tertiary/aromatic N) is 1. The first kappa shape index (κ1) is 18.1. The number of hydrogen-bond acceptors (Lipinski definition) is 6. The van der Waals surface area contributed by atoms with Crippen LogP contribution in [0.5, 0.6) is 5.75 Å². The minimum absolute atomic E-state index is 0.00394. The minimum Gasteiger partial charge on any atom is -0.483 e. The molecule has 0 spiro atoms. The fourth-order valence-corrected chi connectivity index (χ4v) is 2.27. The lowest BCUT2D eigenvalue weighted by molar-refractivity contribution is -0.118.